The number of thiazole rings is 1. The van der Waals surface area contributed by atoms with Crippen LogP contribution in [0.5, 0.6) is 0 Å². The van der Waals surface area contributed by atoms with Gasteiger partial charge in [0.2, 0.25) is 5.91 Å². The smallest absolute Gasteiger partial charge is 0.253 e. The van der Waals surface area contributed by atoms with Gasteiger partial charge in [0.15, 0.2) is 5.13 Å². The third-order valence-electron chi connectivity index (χ3n) is 6.36. The molecule has 6 nitrogen and oxygen atoms in total. The minimum Gasteiger partial charge on any atom is -0.339 e. The Labute approximate surface area is 192 Å². The molecule has 2 aliphatic heterocycles. The summed E-state index contributed by atoms with van der Waals surface area (Å²) < 4.78 is 13.1. The largest absolute Gasteiger partial charge is 0.339 e. The summed E-state index contributed by atoms with van der Waals surface area (Å²) in [6.45, 7) is 8.65. The first-order chi connectivity index (χ1) is 15.4. The van der Waals surface area contributed by atoms with Crippen molar-refractivity contribution in [2.45, 2.75) is 39.7 Å². The van der Waals surface area contributed by atoms with E-state index in [1.807, 2.05) is 5.38 Å². The van der Waals surface area contributed by atoms with Gasteiger partial charge in [-0.2, -0.15) is 0 Å². The number of likely N-dealkylation sites (tertiary alicyclic amines) is 2. The topological polar surface area (TPSA) is 65.5 Å². The second-order valence-corrected chi connectivity index (χ2v) is 10.2. The van der Waals surface area contributed by atoms with Gasteiger partial charge in [-0.1, -0.05) is 13.8 Å². The van der Waals surface area contributed by atoms with Crippen molar-refractivity contribution in [2.75, 3.05) is 31.5 Å². The number of benzene rings is 1. The predicted octanol–water partition coefficient (Wildman–Crippen LogP) is 4.25. The number of anilines is 1. The van der Waals surface area contributed by atoms with Crippen LogP contribution in [0.2, 0.25) is 0 Å². The fraction of sp³-hybridized carbons (Fsp3) is 0.542. The molecule has 1 aromatic heterocycles. The molecule has 0 aliphatic carbocycles. The Hall–Kier alpha value is -2.32. The van der Waals surface area contributed by atoms with Crippen molar-refractivity contribution in [2.24, 2.45) is 17.8 Å². The van der Waals surface area contributed by atoms with Gasteiger partial charge in [-0.05, 0) is 55.4 Å². The number of carbonyl (C=O) groups excluding carboxylic acids is 2. The van der Waals surface area contributed by atoms with Crippen molar-refractivity contribution >= 4 is 28.3 Å². The Balaban J connectivity index is 1.25. The van der Waals surface area contributed by atoms with Gasteiger partial charge in [0.1, 0.15) is 5.82 Å². The van der Waals surface area contributed by atoms with E-state index in [0.29, 0.717) is 48.5 Å². The van der Waals surface area contributed by atoms with Crippen molar-refractivity contribution in [3.05, 3.63) is 46.7 Å². The highest BCUT2D eigenvalue weighted by molar-refractivity contribution is 7.13. The maximum absolute atomic E-state index is 13.1. The van der Waals surface area contributed by atoms with Crippen LogP contribution in [0.3, 0.4) is 0 Å². The quantitative estimate of drug-likeness (QED) is 0.728. The van der Waals surface area contributed by atoms with Crippen molar-refractivity contribution < 1.29 is 14.0 Å². The normalized spacial score (nSPS) is 22.7. The average molecular weight is 459 g/mol. The van der Waals surface area contributed by atoms with Gasteiger partial charge in [-0.15, -0.1) is 11.3 Å². The summed E-state index contributed by atoms with van der Waals surface area (Å²) in [7, 11) is 0. The van der Waals surface area contributed by atoms with E-state index in [2.05, 4.69) is 29.0 Å². The third-order valence-corrected chi connectivity index (χ3v) is 7.16. The number of amides is 2. The molecule has 172 valence electrons. The zero-order chi connectivity index (χ0) is 22.7. The second kappa shape index (κ2) is 10.1. The Morgan fingerprint density at radius 3 is 2.44 bits per heavy atom. The van der Waals surface area contributed by atoms with Gasteiger partial charge in [-0.3, -0.25) is 14.5 Å². The molecule has 0 bridgehead atoms. The average Bonchev–Trinajstić information content (AvgIpc) is 3.19. The Bertz CT molecular complexity index is 930. The van der Waals surface area contributed by atoms with Crippen LogP contribution in [0.1, 0.15) is 49.2 Å². The lowest BCUT2D eigenvalue weighted by Gasteiger charge is -2.34. The molecule has 0 radical (unpaired) electrons. The van der Waals surface area contributed by atoms with E-state index in [9.17, 15) is 14.0 Å². The van der Waals surface area contributed by atoms with Gasteiger partial charge in [-0.25, -0.2) is 9.37 Å². The van der Waals surface area contributed by atoms with Crippen LogP contribution < -0.4 is 5.32 Å². The van der Waals surface area contributed by atoms with Crippen molar-refractivity contribution in [3.8, 4) is 0 Å². The summed E-state index contributed by atoms with van der Waals surface area (Å²) in [6, 6.07) is 5.59. The molecule has 2 fully saturated rings. The van der Waals surface area contributed by atoms with E-state index in [1.165, 1.54) is 42.0 Å². The molecule has 2 saturated heterocycles. The standard InChI is InChI=1S/C24H31FN4O2S/c1-16-11-17(2)13-28(12-16)14-21-15-32-24(26-21)27-22(30)18-7-9-29(10-8-18)23(31)19-3-5-20(25)6-4-19/h3-6,15-18H,7-14H2,1-2H3,(H,26,27,30). The van der Waals surface area contributed by atoms with Crippen LogP contribution in [-0.2, 0) is 11.3 Å². The van der Waals surface area contributed by atoms with Crippen LogP contribution in [0.4, 0.5) is 9.52 Å². The van der Waals surface area contributed by atoms with E-state index in [4.69, 9.17) is 0 Å². The molecular weight excluding hydrogens is 427 g/mol. The van der Waals surface area contributed by atoms with Crippen LogP contribution in [0.15, 0.2) is 29.6 Å². The molecule has 8 heteroatoms. The van der Waals surface area contributed by atoms with E-state index in [0.717, 1.165) is 25.3 Å². The Morgan fingerprint density at radius 1 is 1.12 bits per heavy atom. The SMILES string of the molecule is CC1CC(C)CN(Cc2csc(NC(=O)C3CCN(C(=O)c4ccc(F)cc4)CC3)n2)C1. The maximum atomic E-state index is 13.1. The maximum Gasteiger partial charge on any atom is 0.253 e. The van der Waals surface area contributed by atoms with Gasteiger partial charge in [0.05, 0.1) is 5.69 Å². The molecule has 2 atom stereocenters. The van der Waals surface area contributed by atoms with Crippen molar-refractivity contribution in [1.29, 1.82) is 0 Å². The number of hydrogen-bond acceptors (Lipinski definition) is 5. The van der Waals surface area contributed by atoms with Crippen LogP contribution >= 0.6 is 11.3 Å². The van der Waals surface area contributed by atoms with Gasteiger partial charge in [0, 0.05) is 49.6 Å². The lowest BCUT2D eigenvalue weighted by Crippen LogP contribution is -2.41. The number of nitrogens with zero attached hydrogens (tertiary/aromatic N) is 3. The summed E-state index contributed by atoms with van der Waals surface area (Å²) in [5, 5.41) is 5.65. The summed E-state index contributed by atoms with van der Waals surface area (Å²) in [5.74, 6) is 0.773. The number of aromatic nitrogens is 1. The van der Waals surface area contributed by atoms with E-state index < -0.39 is 0 Å². The number of nitrogens with one attached hydrogen (secondary N) is 1. The summed E-state index contributed by atoms with van der Waals surface area (Å²) >= 11 is 1.47. The first-order valence-electron chi connectivity index (χ1n) is 11.4. The summed E-state index contributed by atoms with van der Waals surface area (Å²) in [6.07, 6.45) is 2.50. The predicted molar refractivity (Wildman–Crippen MR) is 124 cm³/mol. The number of piperidine rings is 2. The highest BCUT2D eigenvalue weighted by Crippen LogP contribution is 2.25. The second-order valence-electron chi connectivity index (χ2n) is 9.35. The molecule has 2 amide bonds. The van der Waals surface area contributed by atoms with Crippen molar-refractivity contribution in [3.63, 3.8) is 0 Å². The lowest BCUT2D eigenvalue weighted by atomic mass is 9.92. The minimum atomic E-state index is -0.359. The fourth-order valence-electron chi connectivity index (χ4n) is 4.91. The third kappa shape index (κ3) is 5.72. The number of carbonyl (C=O) groups is 2. The van der Waals surface area contributed by atoms with E-state index in [-0.39, 0.29) is 23.5 Å². The van der Waals surface area contributed by atoms with Gasteiger partial charge >= 0.3 is 0 Å². The van der Waals surface area contributed by atoms with E-state index >= 15 is 0 Å². The van der Waals surface area contributed by atoms with Crippen LogP contribution in [-0.4, -0.2) is 52.8 Å². The van der Waals surface area contributed by atoms with Crippen LogP contribution in [0.25, 0.3) is 0 Å². The molecule has 2 unspecified atom stereocenters. The molecule has 2 aromatic rings. The Morgan fingerprint density at radius 2 is 1.78 bits per heavy atom. The molecule has 0 spiro atoms. The summed E-state index contributed by atoms with van der Waals surface area (Å²) in [4.78, 5) is 34.1. The highest BCUT2D eigenvalue weighted by atomic mass is 32.1. The van der Waals surface area contributed by atoms with Gasteiger partial charge < -0.3 is 10.2 Å². The van der Waals surface area contributed by atoms with E-state index in [1.54, 1.807) is 4.90 Å². The molecule has 2 aliphatic rings. The van der Waals surface area contributed by atoms with Crippen molar-refractivity contribution in [1.82, 2.24) is 14.8 Å². The highest BCUT2D eigenvalue weighted by Gasteiger charge is 2.28. The van der Waals surface area contributed by atoms with Gasteiger partial charge in [0.25, 0.3) is 5.91 Å². The fourth-order valence-corrected chi connectivity index (χ4v) is 5.62. The first kappa shape index (κ1) is 22.9. The number of halogens is 1. The summed E-state index contributed by atoms with van der Waals surface area (Å²) in [5.41, 5.74) is 1.48. The molecular formula is C24H31FN4O2S. The molecule has 1 aromatic carbocycles. The molecule has 3 heterocycles. The number of rotatable bonds is 5. The number of hydrogen-bond donors (Lipinski definition) is 1. The molecule has 0 saturated carbocycles. The monoisotopic (exact) mass is 458 g/mol. The van der Waals surface area contributed by atoms with Crippen LogP contribution in [0, 0.1) is 23.6 Å². The zero-order valence-corrected chi connectivity index (χ0v) is 19.5. The molecule has 1 N–H and O–H groups in total. The molecule has 32 heavy (non-hydrogen) atoms. The molecule has 4 rings (SSSR count). The Kier molecular flexibility index (Phi) is 7.20. The minimum absolute atomic E-state index is 0.0278. The lowest BCUT2D eigenvalue weighted by molar-refractivity contribution is -0.121. The zero-order valence-electron chi connectivity index (χ0n) is 18.7. The first-order valence-corrected chi connectivity index (χ1v) is 12.3.